The second kappa shape index (κ2) is 9.36. The minimum absolute atomic E-state index is 0.0773. The number of benzene rings is 2. The van der Waals surface area contributed by atoms with Gasteiger partial charge < -0.3 is 19.9 Å². The summed E-state index contributed by atoms with van der Waals surface area (Å²) >= 11 is 0. The van der Waals surface area contributed by atoms with E-state index in [2.05, 4.69) is 5.32 Å². The molecule has 0 spiro atoms. The van der Waals surface area contributed by atoms with Gasteiger partial charge in [0.15, 0.2) is 11.5 Å². The highest BCUT2D eigenvalue weighted by Gasteiger charge is 2.19. The number of methoxy groups -OCH3 is 2. The van der Waals surface area contributed by atoms with Crippen LogP contribution < -0.4 is 14.8 Å². The molecule has 9 heteroatoms. The number of carboxylic acids is 1. The van der Waals surface area contributed by atoms with Crippen molar-refractivity contribution >= 4 is 17.6 Å². The van der Waals surface area contributed by atoms with Crippen molar-refractivity contribution in [3.63, 3.8) is 0 Å². The monoisotopic (exact) mass is 388 g/mol. The summed E-state index contributed by atoms with van der Waals surface area (Å²) in [5.41, 5.74) is 1.11. The molecule has 2 N–H and O–H groups in total. The van der Waals surface area contributed by atoms with Gasteiger partial charge in [-0.2, -0.15) is 0 Å². The van der Waals surface area contributed by atoms with Gasteiger partial charge in [-0.25, -0.2) is 4.79 Å². The van der Waals surface area contributed by atoms with E-state index in [1.165, 1.54) is 38.5 Å². The smallest absolute Gasteiger partial charge is 0.335 e. The largest absolute Gasteiger partial charge is 0.493 e. The number of carbonyl (C=O) groups excluding carboxylic acids is 1. The van der Waals surface area contributed by atoms with E-state index in [0.717, 1.165) is 0 Å². The van der Waals surface area contributed by atoms with Gasteiger partial charge in [0.05, 0.1) is 37.2 Å². The average Bonchev–Trinajstić information content (AvgIpc) is 2.67. The molecule has 0 saturated heterocycles. The number of amides is 1. The fourth-order valence-electron chi connectivity index (χ4n) is 2.63. The van der Waals surface area contributed by atoms with Gasteiger partial charge in [-0.15, -0.1) is 0 Å². The number of nitrogens with one attached hydrogen (secondary N) is 1. The summed E-state index contributed by atoms with van der Waals surface area (Å²) in [5.74, 6) is -0.682. The Hall–Kier alpha value is -3.62. The van der Waals surface area contributed by atoms with Gasteiger partial charge in [-0.05, 0) is 30.2 Å². The van der Waals surface area contributed by atoms with Crippen LogP contribution in [-0.4, -0.2) is 42.7 Å². The van der Waals surface area contributed by atoms with Crippen LogP contribution in [0.15, 0.2) is 36.4 Å². The summed E-state index contributed by atoms with van der Waals surface area (Å²) in [4.78, 5) is 33.7. The van der Waals surface area contributed by atoms with Gasteiger partial charge in [0.25, 0.3) is 5.69 Å². The molecule has 0 fully saturated rings. The zero-order valence-corrected chi connectivity index (χ0v) is 15.4. The Morgan fingerprint density at radius 2 is 1.71 bits per heavy atom. The fraction of sp³-hybridized carbons (Fsp3) is 0.263. The van der Waals surface area contributed by atoms with Crippen molar-refractivity contribution in [1.29, 1.82) is 0 Å². The summed E-state index contributed by atoms with van der Waals surface area (Å²) in [6.07, 6.45) is 0.314. The quantitative estimate of drug-likeness (QED) is 0.498. The molecular weight excluding hydrogens is 368 g/mol. The van der Waals surface area contributed by atoms with E-state index in [1.807, 2.05) is 0 Å². The molecule has 0 aromatic heterocycles. The van der Waals surface area contributed by atoms with Crippen LogP contribution in [0.4, 0.5) is 5.69 Å². The maximum absolute atomic E-state index is 12.1. The van der Waals surface area contributed by atoms with Crippen molar-refractivity contribution < 1.29 is 29.1 Å². The Morgan fingerprint density at radius 3 is 2.25 bits per heavy atom. The number of rotatable bonds is 9. The van der Waals surface area contributed by atoms with Crippen LogP contribution in [0.1, 0.15) is 21.5 Å². The van der Waals surface area contributed by atoms with E-state index in [4.69, 9.17) is 14.6 Å². The summed E-state index contributed by atoms with van der Waals surface area (Å²) in [6, 6.07) is 8.81. The number of ether oxygens (including phenoxy) is 2. The van der Waals surface area contributed by atoms with Crippen LogP contribution in [0.2, 0.25) is 0 Å². The predicted molar refractivity (Wildman–Crippen MR) is 100 cm³/mol. The molecule has 28 heavy (non-hydrogen) atoms. The number of carbonyl (C=O) groups is 2. The van der Waals surface area contributed by atoms with Crippen molar-refractivity contribution in [3.8, 4) is 11.5 Å². The number of nitro benzene ring substituents is 1. The molecule has 0 aliphatic rings. The van der Waals surface area contributed by atoms with Gasteiger partial charge in [0, 0.05) is 12.1 Å². The lowest BCUT2D eigenvalue weighted by atomic mass is 10.1. The normalized spacial score (nSPS) is 10.2. The minimum Gasteiger partial charge on any atom is -0.493 e. The first-order chi connectivity index (χ1) is 13.3. The van der Waals surface area contributed by atoms with Gasteiger partial charge in [0.1, 0.15) is 0 Å². The third-order valence-corrected chi connectivity index (χ3v) is 4.06. The molecule has 1 amide bonds. The topological polar surface area (TPSA) is 128 Å². The summed E-state index contributed by atoms with van der Waals surface area (Å²) in [6.45, 7) is 0.197. The van der Waals surface area contributed by atoms with Crippen molar-refractivity contribution in [2.75, 3.05) is 20.8 Å². The zero-order valence-electron chi connectivity index (χ0n) is 15.4. The molecule has 0 aliphatic carbocycles. The minimum atomic E-state index is -1.03. The highest BCUT2D eigenvalue weighted by molar-refractivity contribution is 5.87. The van der Waals surface area contributed by atoms with E-state index in [0.29, 0.717) is 16.9 Å². The second-order valence-corrected chi connectivity index (χ2v) is 5.87. The number of hydrogen-bond acceptors (Lipinski definition) is 6. The summed E-state index contributed by atoms with van der Waals surface area (Å²) in [7, 11) is 2.83. The molecule has 0 unspecified atom stereocenters. The highest BCUT2D eigenvalue weighted by atomic mass is 16.6. The first-order valence-corrected chi connectivity index (χ1v) is 8.34. The number of carboxylic acid groups (broad SMARTS) is 1. The van der Waals surface area contributed by atoms with E-state index in [9.17, 15) is 19.7 Å². The molecule has 148 valence electrons. The Balaban J connectivity index is 1.99. The SMILES string of the molecule is COc1cc(CCNC(=O)Cc2ccc(C(=O)O)cc2)c([N+](=O)[O-])cc1OC. The number of aromatic carboxylic acids is 1. The lowest BCUT2D eigenvalue weighted by Gasteiger charge is -2.11. The molecular formula is C19H20N2O7. The second-order valence-electron chi connectivity index (χ2n) is 5.87. The maximum atomic E-state index is 12.1. The number of nitro groups is 1. The number of nitrogens with zero attached hydrogens (tertiary/aromatic N) is 1. The summed E-state index contributed by atoms with van der Waals surface area (Å²) in [5, 5.41) is 22.9. The summed E-state index contributed by atoms with van der Waals surface area (Å²) < 4.78 is 10.2. The Morgan fingerprint density at radius 1 is 1.11 bits per heavy atom. The molecule has 0 saturated carbocycles. The van der Waals surface area contributed by atoms with Crippen LogP contribution in [-0.2, 0) is 17.6 Å². The van der Waals surface area contributed by atoms with Crippen LogP contribution >= 0.6 is 0 Å². The Labute approximate surface area is 161 Å². The zero-order chi connectivity index (χ0) is 20.7. The van der Waals surface area contributed by atoms with E-state index in [1.54, 1.807) is 12.1 Å². The van der Waals surface area contributed by atoms with Crippen LogP contribution in [0, 0.1) is 10.1 Å². The first kappa shape index (κ1) is 20.7. The molecule has 9 nitrogen and oxygen atoms in total. The van der Waals surface area contributed by atoms with Crippen molar-refractivity contribution in [2.45, 2.75) is 12.8 Å². The van der Waals surface area contributed by atoms with Crippen LogP contribution in [0.25, 0.3) is 0 Å². The first-order valence-electron chi connectivity index (χ1n) is 8.34. The third kappa shape index (κ3) is 5.19. The van der Waals surface area contributed by atoms with E-state index >= 15 is 0 Å². The van der Waals surface area contributed by atoms with E-state index in [-0.39, 0.29) is 42.3 Å². The maximum Gasteiger partial charge on any atom is 0.335 e. The van der Waals surface area contributed by atoms with Crippen LogP contribution in [0.5, 0.6) is 11.5 Å². The molecule has 0 heterocycles. The molecule has 2 aromatic rings. The van der Waals surface area contributed by atoms with E-state index < -0.39 is 10.9 Å². The molecule has 0 aliphatic heterocycles. The lowest BCUT2D eigenvalue weighted by molar-refractivity contribution is -0.385. The Kier molecular flexibility index (Phi) is 6.91. The van der Waals surface area contributed by atoms with Gasteiger partial charge in [-0.1, -0.05) is 12.1 Å². The highest BCUT2D eigenvalue weighted by Crippen LogP contribution is 2.34. The lowest BCUT2D eigenvalue weighted by Crippen LogP contribution is -2.27. The van der Waals surface area contributed by atoms with Crippen molar-refractivity contribution in [1.82, 2.24) is 5.32 Å². The predicted octanol–water partition coefficient (Wildman–Crippen LogP) is 2.21. The number of hydrogen-bond donors (Lipinski definition) is 2. The average molecular weight is 388 g/mol. The molecule has 2 rings (SSSR count). The molecule has 0 bridgehead atoms. The van der Waals surface area contributed by atoms with Gasteiger partial charge in [-0.3, -0.25) is 14.9 Å². The van der Waals surface area contributed by atoms with Crippen LogP contribution in [0.3, 0.4) is 0 Å². The fourth-order valence-corrected chi connectivity index (χ4v) is 2.63. The Bertz CT molecular complexity index is 879. The van der Waals surface area contributed by atoms with Crippen molar-refractivity contribution in [2.24, 2.45) is 0 Å². The standard InChI is InChI=1S/C19H20N2O7/c1-27-16-10-14(15(21(25)26)11-17(16)28-2)7-8-20-18(22)9-12-3-5-13(6-4-12)19(23)24/h3-6,10-11H,7-9H2,1-2H3,(H,20,22)(H,23,24). The third-order valence-electron chi connectivity index (χ3n) is 4.06. The van der Waals surface area contributed by atoms with Gasteiger partial charge in [0.2, 0.25) is 5.91 Å². The van der Waals surface area contributed by atoms with Gasteiger partial charge >= 0.3 is 5.97 Å². The van der Waals surface area contributed by atoms with Crippen molar-refractivity contribution in [3.05, 3.63) is 63.2 Å². The molecule has 0 atom stereocenters. The molecule has 0 radical (unpaired) electrons. The molecule has 2 aromatic carbocycles.